The van der Waals surface area contributed by atoms with Gasteiger partial charge in [0.15, 0.2) is 0 Å². The molecule has 0 aliphatic heterocycles. The Labute approximate surface area is 140 Å². The number of aryl methyl sites for hydroxylation is 2. The van der Waals surface area contributed by atoms with E-state index >= 15 is 0 Å². The minimum atomic E-state index is -0.800. The lowest BCUT2D eigenvalue weighted by Crippen LogP contribution is -2.09. The van der Waals surface area contributed by atoms with E-state index in [0.29, 0.717) is 13.2 Å². The highest BCUT2D eigenvalue weighted by molar-refractivity contribution is 5.76. The first kappa shape index (κ1) is 16.1. The molecule has 0 saturated carbocycles. The number of nitrogens with zero attached hydrogens (tertiary/aromatic N) is 2. The quantitative estimate of drug-likeness (QED) is 0.644. The molecule has 124 valence electrons. The van der Waals surface area contributed by atoms with Crippen LogP contribution in [0, 0.1) is 0 Å². The summed E-state index contributed by atoms with van der Waals surface area (Å²) in [5, 5.41) is 8.96. The number of aromatic nitrogens is 2. The first-order chi connectivity index (χ1) is 11.7. The van der Waals surface area contributed by atoms with Crippen LogP contribution in [0.15, 0.2) is 54.6 Å². The van der Waals surface area contributed by atoms with Crippen LogP contribution in [0.5, 0.6) is 5.75 Å². The van der Waals surface area contributed by atoms with Crippen molar-refractivity contribution in [2.24, 2.45) is 0 Å². The summed E-state index contributed by atoms with van der Waals surface area (Å²) in [6.45, 7) is 1.04. The second kappa shape index (κ2) is 7.64. The third-order valence-corrected chi connectivity index (χ3v) is 3.84. The number of ether oxygens (including phenoxy) is 1. The van der Waals surface area contributed by atoms with Gasteiger partial charge in [0.25, 0.3) is 0 Å². The first-order valence-corrected chi connectivity index (χ1v) is 8.08. The Morgan fingerprint density at radius 2 is 1.83 bits per heavy atom. The molecular formula is C19H20N2O3. The summed E-state index contributed by atoms with van der Waals surface area (Å²) in [5.74, 6) is 0.970. The maximum Gasteiger partial charge on any atom is 0.305 e. The summed E-state index contributed by atoms with van der Waals surface area (Å²) in [6.07, 6.45) is 1.67. The highest BCUT2D eigenvalue weighted by Crippen LogP contribution is 2.18. The summed E-state index contributed by atoms with van der Waals surface area (Å²) in [5.41, 5.74) is 1.89. The lowest BCUT2D eigenvalue weighted by molar-refractivity contribution is -0.137. The summed E-state index contributed by atoms with van der Waals surface area (Å²) >= 11 is 0. The number of fused-ring (bicyclic) bond motifs is 1. The summed E-state index contributed by atoms with van der Waals surface area (Å²) in [6, 6.07) is 17.5. The van der Waals surface area contributed by atoms with E-state index in [2.05, 4.69) is 4.98 Å². The van der Waals surface area contributed by atoms with Crippen LogP contribution in [0.25, 0.3) is 11.0 Å². The lowest BCUT2D eigenvalue weighted by atomic mass is 10.3. The number of carbonyl (C=O) groups is 1. The number of aliphatic carboxylic acids is 1. The van der Waals surface area contributed by atoms with E-state index in [1.54, 1.807) is 0 Å². The number of para-hydroxylation sites is 3. The molecule has 0 amide bonds. The molecule has 0 saturated heterocycles. The average Bonchev–Trinajstić information content (AvgIpc) is 2.95. The van der Waals surface area contributed by atoms with Gasteiger partial charge in [-0.2, -0.15) is 0 Å². The van der Waals surface area contributed by atoms with E-state index in [9.17, 15) is 4.79 Å². The number of carboxylic acids is 1. The molecule has 0 bridgehead atoms. The number of imidazole rings is 1. The molecule has 0 fully saturated rings. The van der Waals surface area contributed by atoms with Gasteiger partial charge in [0.2, 0.25) is 0 Å². The van der Waals surface area contributed by atoms with Gasteiger partial charge >= 0.3 is 5.97 Å². The maximum absolute atomic E-state index is 10.9. The molecule has 1 heterocycles. The number of hydrogen-bond donors (Lipinski definition) is 1. The standard InChI is InChI=1S/C19H20N2O3/c22-19(23)12-13-21-17-10-5-4-9-16(17)20-18(21)11-6-14-24-15-7-2-1-3-8-15/h1-5,7-10H,6,11-14H2,(H,22,23). The Kier molecular flexibility index (Phi) is 5.11. The summed E-state index contributed by atoms with van der Waals surface area (Å²) < 4.78 is 7.71. The molecule has 0 radical (unpaired) electrons. The summed E-state index contributed by atoms with van der Waals surface area (Å²) in [7, 11) is 0. The molecule has 2 aromatic carbocycles. The molecule has 5 nitrogen and oxygen atoms in total. The van der Waals surface area contributed by atoms with E-state index in [0.717, 1.165) is 35.4 Å². The molecular weight excluding hydrogens is 304 g/mol. The van der Waals surface area contributed by atoms with Gasteiger partial charge in [-0.3, -0.25) is 4.79 Å². The Bertz CT molecular complexity index is 812. The fourth-order valence-electron chi connectivity index (χ4n) is 2.71. The van der Waals surface area contributed by atoms with E-state index in [-0.39, 0.29) is 6.42 Å². The number of hydrogen-bond acceptors (Lipinski definition) is 3. The average molecular weight is 324 g/mol. The second-order valence-corrected chi connectivity index (χ2v) is 5.58. The highest BCUT2D eigenvalue weighted by Gasteiger charge is 2.11. The molecule has 1 N–H and O–H groups in total. The Balaban J connectivity index is 1.66. The highest BCUT2D eigenvalue weighted by atomic mass is 16.5. The summed E-state index contributed by atoms with van der Waals surface area (Å²) in [4.78, 5) is 15.6. The van der Waals surface area contributed by atoms with Gasteiger partial charge < -0.3 is 14.4 Å². The van der Waals surface area contributed by atoms with Crippen LogP contribution >= 0.6 is 0 Å². The largest absolute Gasteiger partial charge is 0.494 e. The second-order valence-electron chi connectivity index (χ2n) is 5.58. The third kappa shape index (κ3) is 3.93. The van der Waals surface area contributed by atoms with Crippen LogP contribution in [0.4, 0.5) is 0 Å². The molecule has 0 aliphatic carbocycles. The fraction of sp³-hybridized carbons (Fsp3) is 0.263. The van der Waals surface area contributed by atoms with Gasteiger partial charge in [-0.25, -0.2) is 4.98 Å². The van der Waals surface area contributed by atoms with Crippen molar-refractivity contribution in [2.45, 2.75) is 25.8 Å². The van der Waals surface area contributed by atoms with E-state index < -0.39 is 5.97 Å². The van der Waals surface area contributed by atoms with E-state index in [1.165, 1.54) is 0 Å². The van der Waals surface area contributed by atoms with Gasteiger partial charge in [0.1, 0.15) is 11.6 Å². The molecule has 3 aromatic rings. The predicted octanol–water partition coefficient (Wildman–Crippen LogP) is 3.52. The normalized spacial score (nSPS) is 10.8. The Morgan fingerprint density at radius 1 is 1.08 bits per heavy atom. The zero-order chi connectivity index (χ0) is 16.8. The van der Waals surface area contributed by atoms with Crippen molar-refractivity contribution in [1.29, 1.82) is 0 Å². The van der Waals surface area contributed by atoms with E-state index in [4.69, 9.17) is 9.84 Å². The molecule has 0 unspecified atom stereocenters. The minimum absolute atomic E-state index is 0.0911. The number of rotatable bonds is 8. The smallest absolute Gasteiger partial charge is 0.305 e. The van der Waals surface area contributed by atoms with Gasteiger partial charge in [-0.15, -0.1) is 0 Å². The predicted molar refractivity (Wildman–Crippen MR) is 92.2 cm³/mol. The van der Waals surface area contributed by atoms with Gasteiger partial charge in [-0.05, 0) is 30.7 Å². The Morgan fingerprint density at radius 3 is 2.62 bits per heavy atom. The van der Waals surface area contributed by atoms with Crippen molar-refractivity contribution in [2.75, 3.05) is 6.61 Å². The van der Waals surface area contributed by atoms with Crippen LogP contribution in [0.2, 0.25) is 0 Å². The number of carboxylic acid groups (broad SMARTS) is 1. The fourth-order valence-corrected chi connectivity index (χ4v) is 2.71. The zero-order valence-corrected chi connectivity index (χ0v) is 13.4. The zero-order valence-electron chi connectivity index (χ0n) is 13.4. The van der Waals surface area contributed by atoms with Crippen molar-refractivity contribution in [1.82, 2.24) is 9.55 Å². The Hall–Kier alpha value is -2.82. The van der Waals surface area contributed by atoms with Gasteiger partial charge in [-0.1, -0.05) is 30.3 Å². The van der Waals surface area contributed by atoms with E-state index in [1.807, 2.05) is 59.2 Å². The molecule has 1 aromatic heterocycles. The van der Waals surface area contributed by atoms with Gasteiger partial charge in [0.05, 0.1) is 24.1 Å². The lowest BCUT2D eigenvalue weighted by Gasteiger charge is -2.09. The minimum Gasteiger partial charge on any atom is -0.494 e. The van der Waals surface area contributed by atoms with Crippen LogP contribution in [-0.2, 0) is 17.8 Å². The topological polar surface area (TPSA) is 64.3 Å². The van der Waals surface area contributed by atoms with Crippen LogP contribution in [0.1, 0.15) is 18.7 Å². The number of benzene rings is 2. The molecule has 0 aliphatic rings. The molecule has 24 heavy (non-hydrogen) atoms. The first-order valence-electron chi connectivity index (χ1n) is 8.08. The van der Waals surface area contributed by atoms with Gasteiger partial charge in [0, 0.05) is 13.0 Å². The van der Waals surface area contributed by atoms with Crippen LogP contribution in [0.3, 0.4) is 0 Å². The van der Waals surface area contributed by atoms with Crippen LogP contribution < -0.4 is 4.74 Å². The van der Waals surface area contributed by atoms with Crippen LogP contribution in [-0.4, -0.2) is 27.2 Å². The molecule has 3 rings (SSSR count). The van der Waals surface area contributed by atoms with Crippen molar-refractivity contribution >= 4 is 17.0 Å². The molecule has 0 spiro atoms. The van der Waals surface area contributed by atoms with Crippen molar-refractivity contribution < 1.29 is 14.6 Å². The molecule has 5 heteroatoms. The third-order valence-electron chi connectivity index (χ3n) is 3.84. The van der Waals surface area contributed by atoms with Crippen molar-refractivity contribution in [3.8, 4) is 5.75 Å². The SMILES string of the molecule is O=C(O)CCn1c(CCCOc2ccccc2)nc2ccccc21. The van der Waals surface area contributed by atoms with Crippen molar-refractivity contribution in [3.63, 3.8) is 0 Å². The van der Waals surface area contributed by atoms with Crippen molar-refractivity contribution in [3.05, 3.63) is 60.4 Å². The monoisotopic (exact) mass is 324 g/mol. The molecule has 0 atom stereocenters. The maximum atomic E-state index is 10.9.